The highest BCUT2D eigenvalue weighted by atomic mass is 16.5. The van der Waals surface area contributed by atoms with Gasteiger partial charge >= 0.3 is 0 Å². The maximum absolute atomic E-state index is 8.35. The van der Waals surface area contributed by atoms with Crippen LogP contribution in [0.2, 0.25) is 0 Å². The summed E-state index contributed by atoms with van der Waals surface area (Å²) in [4.78, 5) is 0. The van der Waals surface area contributed by atoms with Crippen molar-refractivity contribution in [2.45, 2.75) is 6.42 Å². The SMILES string of the molecule is NCCCNCCOCCO. The van der Waals surface area contributed by atoms with Gasteiger partial charge < -0.3 is 20.9 Å². The number of hydrogen-bond acceptors (Lipinski definition) is 4. The molecule has 0 aromatic rings. The highest BCUT2D eigenvalue weighted by Crippen LogP contribution is 1.73. The summed E-state index contributed by atoms with van der Waals surface area (Å²) in [5.41, 5.74) is 5.29. The van der Waals surface area contributed by atoms with E-state index in [9.17, 15) is 0 Å². The molecule has 0 amide bonds. The summed E-state index contributed by atoms with van der Waals surface area (Å²) < 4.78 is 5.02. The largest absolute Gasteiger partial charge is 0.394 e. The standard InChI is InChI=1S/C7H18N2O2/c8-2-1-3-9-4-6-11-7-5-10/h9-10H,1-8H2. The van der Waals surface area contributed by atoms with Crippen molar-refractivity contribution in [1.29, 1.82) is 0 Å². The molecule has 4 nitrogen and oxygen atoms in total. The highest BCUT2D eigenvalue weighted by Gasteiger charge is 1.86. The number of hydrogen-bond donors (Lipinski definition) is 3. The number of nitrogens with one attached hydrogen (secondary N) is 1. The molecular formula is C7H18N2O2. The van der Waals surface area contributed by atoms with Gasteiger partial charge in [0.2, 0.25) is 0 Å². The van der Waals surface area contributed by atoms with Crippen molar-refractivity contribution in [3.05, 3.63) is 0 Å². The lowest BCUT2D eigenvalue weighted by Crippen LogP contribution is -2.23. The average Bonchev–Trinajstić information content (AvgIpc) is 2.03. The van der Waals surface area contributed by atoms with E-state index < -0.39 is 0 Å². The molecule has 4 heteroatoms. The van der Waals surface area contributed by atoms with Crippen LogP contribution in [-0.4, -0.2) is 44.6 Å². The summed E-state index contributed by atoms with van der Waals surface area (Å²) in [5, 5.41) is 11.5. The molecule has 0 spiro atoms. The van der Waals surface area contributed by atoms with Gasteiger partial charge in [0.1, 0.15) is 0 Å². The first-order chi connectivity index (χ1) is 5.41. The fraction of sp³-hybridized carbons (Fsp3) is 1.00. The van der Waals surface area contributed by atoms with E-state index >= 15 is 0 Å². The molecule has 0 heterocycles. The van der Waals surface area contributed by atoms with Gasteiger partial charge in [0.15, 0.2) is 0 Å². The number of nitrogens with two attached hydrogens (primary N) is 1. The summed E-state index contributed by atoms with van der Waals surface area (Å²) in [5.74, 6) is 0. The van der Waals surface area contributed by atoms with Crippen molar-refractivity contribution in [3.63, 3.8) is 0 Å². The molecule has 4 N–H and O–H groups in total. The van der Waals surface area contributed by atoms with Crippen LogP contribution in [0.1, 0.15) is 6.42 Å². The quantitative estimate of drug-likeness (QED) is 0.398. The minimum absolute atomic E-state index is 0.100. The fourth-order valence-electron chi connectivity index (χ4n) is 0.663. The molecule has 0 aromatic heterocycles. The molecule has 0 atom stereocenters. The Labute approximate surface area is 67.7 Å². The zero-order valence-corrected chi connectivity index (χ0v) is 6.88. The molecule has 0 bridgehead atoms. The number of aliphatic hydroxyl groups is 1. The molecule has 0 unspecified atom stereocenters. The maximum Gasteiger partial charge on any atom is 0.0698 e. The van der Waals surface area contributed by atoms with Crippen LogP contribution in [0.5, 0.6) is 0 Å². The zero-order chi connectivity index (χ0) is 8.36. The first-order valence-electron chi connectivity index (χ1n) is 4.01. The van der Waals surface area contributed by atoms with E-state index in [1.54, 1.807) is 0 Å². The Morgan fingerprint density at radius 2 is 2.09 bits per heavy atom. The first-order valence-corrected chi connectivity index (χ1v) is 4.01. The second-order valence-corrected chi connectivity index (χ2v) is 2.23. The molecule has 0 saturated heterocycles. The van der Waals surface area contributed by atoms with Gasteiger partial charge in [-0.05, 0) is 19.5 Å². The molecule has 0 aliphatic carbocycles. The molecule has 0 radical (unpaired) electrons. The van der Waals surface area contributed by atoms with Crippen LogP contribution in [-0.2, 0) is 4.74 Å². The van der Waals surface area contributed by atoms with Crippen molar-refractivity contribution < 1.29 is 9.84 Å². The lowest BCUT2D eigenvalue weighted by Gasteiger charge is -2.03. The molecular weight excluding hydrogens is 144 g/mol. The van der Waals surface area contributed by atoms with Gasteiger partial charge in [-0.2, -0.15) is 0 Å². The van der Waals surface area contributed by atoms with Gasteiger partial charge in [0, 0.05) is 6.54 Å². The fourth-order valence-corrected chi connectivity index (χ4v) is 0.663. The third-order valence-electron chi connectivity index (χ3n) is 1.22. The number of rotatable bonds is 8. The third kappa shape index (κ3) is 9.84. The van der Waals surface area contributed by atoms with E-state index in [2.05, 4.69) is 5.32 Å². The molecule has 68 valence electrons. The maximum atomic E-state index is 8.35. The van der Waals surface area contributed by atoms with E-state index in [-0.39, 0.29) is 6.61 Å². The van der Waals surface area contributed by atoms with Crippen LogP contribution < -0.4 is 11.1 Å². The monoisotopic (exact) mass is 162 g/mol. The normalized spacial score (nSPS) is 10.4. The third-order valence-corrected chi connectivity index (χ3v) is 1.22. The van der Waals surface area contributed by atoms with E-state index in [4.69, 9.17) is 15.6 Å². The lowest BCUT2D eigenvalue weighted by atomic mass is 10.4. The Kier molecular flexibility index (Phi) is 9.70. The molecule has 0 aliphatic heterocycles. The molecule has 11 heavy (non-hydrogen) atoms. The van der Waals surface area contributed by atoms with Crippen LogP contribution in [0.4, 0.5) is 0 Å². The molecule has 0 rings (SSSR count). The Morgan fingerprint density at radius 3 is 2.73 bits per heavy atom. The minimum Gasteiger partial charge on any atom is -0.394 e. The second-order valence-electron chi connectivity index (χ2n) is 2.23. The van der Waals surface area contributed by atoms with E-state index in [0.29, 0.717) is 13.2 Å². The second kappa shape index (κ2) is 9.84. The number of aliphatic hydroxyl groups excluding tert-OH is 1. The summed E-state index contributed by atoms with van der Waals surface area (Å²) in [6.45, 7) is 3.69. The Hall–Kier alpha value is -0.160. The van der Waals surface area contributed by atoms with Crippen LogP contribution in [0.15, 0.2) is 0 Å². The number of ether oxygens (including phenoxy) is 1. The Balaban J connectivity index is 2.69. The van der Waals surface area contributed by atoms with Gasteiger partial charge in [-0.1, -0.05) is 0 Å². The Morgan fingerprint density at radius 1 is 1.27 bits per heavy atom. The summed E-state index contributed by atoms with van der Waals surface area (Å²) in [6.07, 6.45) is 1.00. The summed E-state index contributed by atoms with van der Waals surface area (Å²) in [6, 6.07) is 0. The first kappa shape index (κ1) is 10.8. The van der Waals surface area contributed by atoms with Crippen LogP contribution >= 0.6 is 0 Å². The van der Waals surface area contributed by atoms with Gasteiger partial charge in [-0.15, -0.1) is 0 Å². The van der Waals surface area contributed by atoms with E-state index in [1.165, 1.54) is 0 Å². The zero-order valence-electron chi connectivity index (χ0n) is 6.88. The van der Waals surface area contributed by atoms with Gasteiger partial charge in [-0.3, -0.25) is 0 Å². The van der Waals surface area contributed by atoms with Gasteiger partial charge in [0.25, 0.3) is 0 Å². The van der Waals surface area contributed by atoms with E-state index in [0.717, 1.165) is 26.1 Å². The van der Waals surface area contributed by atoms with Gasteiger partial charge in [-0.25, -0.2) is 0 Å². The Bertz CT molecular complexity index is 63.5. The molecule has 0 saturated carbocycles. The van der Waals surface area contributed by atoms with Crippen molar-refractivity contribution in [2.24, 2.45) is 5.73 Å². The predicted molar refractivity (Wildman–Crippen MR) is 44.4 cm³/mol. The van der Waals surface area contributed by atoms with Crippen LogP contribution in [0.25, 0.3) is 0 Å². The van der Waals surface area contributed by atoms with Crippen molar-refractivity contribution >= 4 is 0 Å². The average molecular weight is 162 g/mol. The van der Waals surface area contributed by atoms with Crippen LogP contribution in [0, 0.1) is 0 Å². The molecule has 0 aromatic carbocycles. The van der Waals surface area contributed by atoms with Gasteiger partial charge in [0.05, 0.1) is 19.8 Å². The van der Waals surface area contributed by atoms with Crippen molar-refractivity contribution in [2.75, 3.05) is 39.5 Å². The minimum atomic E-state index is 0.100. The topological polar surface area (TPSA) is 67.5 Å². The molecule has 0 fully saturated rings. The van der Waals surface area contributed by atoms with Crippen molar-refractivity contribution in [1.82, 2.24) is 5.32 Å². The predicted octanol–water partition coefficient (Wildman–Crippen LogP) is -1.07. The van der Waals surface area contributed by atoms with Crippen molar-refractivity contribution in [3.8, 4) is 0 Å². The summed E-state index contributed by atoms with van der Waals surface area (Å²) >= 11 is 0. The summed E-state index contributed by atoms with van der Waals surface area (Å²) in [7, 11) is 0. The highest BCUT2D eigenvalue weighted by molar-refractivity contribution is 4.46. The lowest BCUT2D eigenvalue weighted by molar-refractivity contribution is 0.0940. The smallest absolute Gasteiger partial charge is 0.0698 e. The van der Waals surface area contributed by atoms with Crippen LogP contribution in [0.3, 0.4) is 0 Å². The van der Waals surface area contributed by atoms with E-state index in [1.807, 2.05) is 0 Å². The molecule has 0 aliphatic rings.